The molecule has 2 saturated heterocycles. The number of rotatable bonds is 3. The number of nitrogens with zero attached hydrogens (tertiary/aromatic N) is 2. The van der Waals surface area contributed by atoms with Crippen LogP contribution in [0, 0.1) is 17.2 Å². The van der Waals surface area contributed by atoms with Gasteiger partial charge in [-0.15, -0.1) is 12.4 Å². The van der Waals surface area contributed by atoms with E-state index >= 15 is 0 Å². The summed E-state index contributed by atoms with van der Waals surface area (Å²) < 4.78 is 13.3. The lowest BCUT2D eigenvalue weighted by molar-refractivity contribution is -0.147. The van der Waals surface area contributed by atoms with Crippen LogP contribution in [0.1, 0.15) is 24.8 Å². The molecule has 1 N–H and O–H groups in total. The Balaban J connectivity index is 0.00000196. The van der Waals surface area contributed by atoms with Gasteiger partial charge in [-0.2, -0.15) is 0 Å². The molecule has 0 bridgehead atoms. The van der Waals surface area contributed by atoms with E-state index in [0.717, 1.165) is 37.9 Å². The zero-order valence-corrected chi connectivity index (χ0v) is 15.6. The van der Waals surface area contributed by atoms with E-state index in [9.17, 15) is 14.0 Å². The third kappa shape index (κ3) is 3.71. The molecule has 2 aliphatic heterocycles. The van der Waals surface area contributed by atoms with E-state index in [1.54, 1.807) is 15.9 Å². The standard InChI is InChI=1S/C19H24FN3O2.ClH/c20-15-3-1-2-14(10-15)12-22-8-9-23(13-17(22)24)18(25)16-11-19(16)4-6-21-7-5-19;/h1-3,10,16,21H,4-9,11-13H2;1H. The van der Waals surface area contributed by atoms with Gasteiger partial charge in [0, 0.05) is 25.6 Å². The Bertz CT molecular complexity index is 693. The van der Waals surface area contributed by atoms with Crippen LogP contribution < -0.4 is 5.32 Å². The fourth-order valence-electron chi connectivity index (χ4n) is 4.31. The molecule has 26 heavy (non-hydrogen) atoms. The molecule has 4 rings (SSSR count). The van der Waals surface area contributed by atoms with Gasteiger partial charge in [0.1, 0.15) is 5.82 Å². The third-order valence-electron chi connectivity index (χ3n) is 5.98. The van der Waals surface area contributed by atoms with Gasteiger partial charge >= 0.3 is 0 Å². The highest BCUT2D eigenvalue weighted by molar-refractivity contribution is 5.89. The monoisotopic (exact) mass is 381 g/mol. The Morgan fingerprint density at radius 3 is 2.73 bits per heavy atom. The van der Waals surface area contributed by atoms with Crippen molar-refractivity contribution >= 4 is 24.2 Å². The van der Waals surface area contributed by atoms with Gasteiger partial charge in [-0.3, -0.25) is 9.59 Å². The quantitative estimate of drug-likeness (QED) is 0.868. The van der Waals surface area contributed by atoms with E-state index in [4.69, 9.17) is 0 Å². The van der Waals surface area contributed by atoms with Gasteiger partial charge < -0.3 is 15.1 Å². The van der Waals surface area contributed by atoms with Gasteiger partial charge in [-0.05, 0) is 55.5 Å². The van der Waals surface area contributed by atoms with Crippen molar-refractivity contribution in [3.05, 3.63) is 35.6 Å². The molecule has 0 aromatic heterocycles. The van der Waals surface area contributed by atoms with Crippen LogP contribution in [-0.4, -0.2) is 54.3 Å². The smallest absolute Gasteiger partial charge is 0.242 e. The molecule has 1 unspecified atom stereocenters. The minimum absolute atomic E-state index is 0. The molecule has 7 heteroatoms. The van der Waals surface area contributed by atoms with Crippen molar-refractivity contribution in [1.82, 2.24) is 15.1 Å². The van der Waals surface area contributed by atoms with Crippen LogP contribution in [0.2, 0.25) is 0 Å². The molecule has 1 spiro atoms. The summed E-state index contributed by atoms with van der Waals surface area (Å²) in [4.78, 5) is 28.7. The molecule has 2 amide bonds. The van der Waals surface area contributed by atoms with E-state index in [-0.39, 0.29) is 47.9 Å². The molecule has 2 heterocycles. The van der Waals surface area contributed by atoms with Crippen LogP contribution in [0.4, 0.5) is 4.39 Å². The van der Waals surface area contributed by atoms with E-state index in [0.29, 0.717) is 19.6 Å². The summed E-state index contributed by atoms with van der Waals surface area (Å²) in [5.41, 5.74) is 0.980. The summed E-state index contributed by atoms with van der Waals surface area (Å²) in [7, 11) is 0. The zero-order valence-electron chi connectivity index (χ0n) is 14.7. The van der Waals surface area contributed by atoms with Crippen LogP contribution in [0.25, 0.3) is 0 Å². The van der Waals surface area contributed by atoms with Gasteiger partial charge in [0.15, 0.2) is 0 Å². The van der Waals surface area contributed by atoms with Gasteiger partial charge in [0.25, 0.3) is 0 Å². The maximum atomic E-state index is 13.3. The molecule has 1 atom stereocenters. The van der Waals surface area contributed by atoms with E-state index in [2.05, 4.69) is 5.32 Å². The van der Waals surface area contributed by atoms with E-state index in [1.165, 1.54) is 12.1 Å². The maximum Gasteiger partial charge on any atom is 0.242 e. The van der Waals surface area contributed by atoms with Crippen LogP contribution in [0.15, 0.2) is 24.3 Å². The number of benzene rings is 1. The number of piperazine rings is 1. The fourth-order valence-corrected chi connectivity index (χ4v) is 4.31. The third-order valence-corrected chi connectivity index (χ3v) is 5.98. The molecule has 5 nitrogen and oxygen atoms in total. The molecule has 0 radical (unpaired) electrons. The largest absolute Gasteiger partial charge is 0.335 e. The van der Waals surface area contributed by atoms with E-state index in [1.807, 2.05) is 6.07 Å². The van der Waals surface area contributed by atoms with Gasteiger partial charge in [0.05, 0.1) is 6.54 Å². The average Bonchev–Trinajstić information content (AvgIpc) is 3.29. The molecule has 1 aromatic carbocycles. The summed E-state index contributed by atoms with van der Waals surface area (Å²) in [6.45, 7) is 3.62. The second kappa shape index (κ2) is 7.53. The van der Waals surface area contributed by atoms with Crippen molar-refractivity contribution in [3.8, 4) is 0 Å². The number of nitrogens with one attached hydrogen (secondary N) is 1. The fraction of sp³-hybridized carbons (Fsp3) is 0.579. The Morgan fingerprint density at radius 2 is 2.04 bits per heavy atom. The first-order valence-corrected chi connectivity index (χ1v) is 9.09. The molecule has 3 fully saturated rings. The van der Waals surface area contributed by atoms with Crippen molar-refractivity contribution in [3.63, 3.8) is 0 Å². The van der Waals surface area contributed by atoms with Crippen molar-refractivity contribution < 1.29 is 14.0 Å². The highest BCUT2D eigenvalue weighted by Gasteiger charge is 2.58. The number of piperidine rings is 1. The highest BCUT2D eigenvalue weighted by Crippen LogP contribution is 2.59. The lowest BCUT2D eigenvalue weighted by Crippen LogP contribution is -2.52. The average molecular weight is 382 g/mol. The second-order valence-electron chi connectivity index (χ2n) is 7.57. The lowest BCUT2D eigenvalue weighted by atomic mass is 9.91. The second-order valence-corrected chi connectivity index (χ2v) is 7.57. The first-order valence-electron chi connectivity index (χ1n) is 9.09. The number of hydrogen-bond donors (Lipinski definition) is 1. The first kappa shape index (κ1) is 19.1. The first-order chi connectivity index (χ1) is 12.1. The van der Waals surface area contributed by atoms with E-state index < -0.39 is 0 Å². The number of carbonyl (C=O) groups is 2. The maximum absolute atomic E-state index is 13.3. The van der Waals surface area contributed by atoms with Crippen molar-refractivity contribution in [2.24, 2.45) is 11.3 Å². The Labute approximate surface area is 159 Å². The SMILES string of the molecule is Cl.O=C1CN(C(=O)C2CC23CCNCC3)CCN1Cc1cccc(F)c1. The van der Waals surface area contributed by atoms with Gasteiger partial charge in [0.2, 0.25) is 11.8 Å². The minimum atomic E-state index is -0.292. The Kier molecular flexibility index (Phi) is 5.53. The Morgan fingerprint density at radius 1 is 1.27 bits per heavy atom. The summed E-state index contributed by atoms with van der Waals surface area (Å²) in [6, 6.07) is 6.32. The molecule has 1 saturated carbocycles. The lowest BCUT2D eigenvalue weighted by Gasteiger charge is -2.35. The molecule has 3 aliphatic rings. The normalized spacial score (nSPS) is 24.3. The summed E-state index contributed by atoms with van der Waals surface area (Å²) in [6.07, 6.45) is 3.11. The van der Waals surface area contributed by atoms with Crippen molar-refractivity contribution in [2.45, 2.75) is 25.8 Å². The predicted molar refractivity (Wildman–Crippen MR) is 98.3 cm³/mol. The van der Waals surface area contributed by atoms with Crippen LogP contribution in [-0.2, 0) is 16.1 Å². The molecular weight excluding hydrogens is 357 g/mol. The zero-order chi connectivity index (χ0) is 17.4. The van der Waals surface area contributed by atoms with Gasteiger partial charge in [-0.25, -0.2) is 4.39 Å². The van der Waals surface area contributed by atoms with Crippen LogP contribution in [0.3, 0.4) is 0 Å². The van der Waals surface area contributed by atoms with Gasteiger partial charge in [-0.1, -0.05) is 12.1 Å². The summed E-state index contributed by atoms with van der Waals surface area (Å²) >= 11 is 0. The Hall–Kier alpha value is -1.66. The molecular formula is C19H25ClFN3O2. The highest BCUT2D eigenvalue weighted by atomic mass is 35.5. The predicted octanol–water partition coefficient (Wildman–Crippen LogP) is 1.81. The van der Waals surface area contributed by atoms with Crippen LogP contribution >= 0.6 is 12.4 Å². The number of hydrogen-bond acceptors (Lipinski definition) is 3. The molecule has 1 aromatic rings. The molecule has 142 valence electrons. The topological polar surface area (TPSA) is 52.7 Å². The van der Waals surface area contributed by atoms with Crippen molar-refractivity contribution in [2.75, 3.05) is 32.7 Å². The summed E-state index contributed by atoms with van der Waals surface area (Å²) in [5.74, 6) is -0.0820. The number of halogens is 2. The number of amides is 2. The molecule has 1 aliphatic carbocycles. The number of carbonyl (C=O) groups excluding carboxylic acids is 2. The van der Waals surface area contributed by atoms with Crippen molar-refractivity contribution in [1.29, 1.82) is 0 Å². The summed E-state index contributed by atoms with van der Waals surface area (Å²) in [5, 5.41) is 3.35. The van der Waals surface area contributed by atoms with Crippen LogP contribution in [0.5, 0.6) is 0 Å². The minimum Gasteiger partial charge on any atom is -0.335 e.